The van der Waals surface area contributed by atoms with E-state index in [0.717, 1.165) is 0 Å². The van der Waals surface area contributed by atoms with Crippen molar-refractivity contribution in [3.8, 4) is 0 Å². The summed E-state index contributed by atoms with van der Waals surface area (Å²) in [6.07, 6.45) is -2.37. The van der Waals surface area contributed by atoms with Crippen LogP contribution in [0.15, 0.2) is 12.7 Å². The van der Waals surface area contributed by atoms with Crippen molar-refractivity contribution >= 4 is 36.7 Å². The number of carbonyl (C=O) groups excluding carboxylic acids is 1. The number of aromatic nitrogens is 4. The van der Waals surface area contributed by atoms with Gasteiger partial charge in [0.25, 0.3) is 0 Å². The summed E-state index contributed by atoms with van der Waals surface area (Å²) in [6.45, 7) is -0.594. The number of imidazole rings is 1. The van der Waals surface area contributed by atoms with Crippen LogP contribution >= 0.6 is 7.82 Å². The maximum atomic E-state index is 10.7. The first-order chi connectivity index (χ1) is 15.3. The molecule has 18 heteroatoms. The first-order valence-corrected chi connectivity index (χ1v) is 10.8. The number of carbonyl (C=O) groups is 2. The van der Waals surface area contributed by atoms with Crippen LogP contribution in [0.1, 0.15) is 19.1 Å². The molecule has 0 bridgehead atoms. The maximum Gasteiger partial charge on any atom is 0.469 e. The number of ether oxygens (including phenoxy) is 1. The predicted molar refractivity (Wildman–Crippen MR) is 108 cm³/mol. The summed E-state index contributed by atoms with van der Waals surface area (Å²) in [6, 6.07) is -0.979. The lowest BCUT2D eigenvalue weighted by molar-refractivity contribution is -0.138. The van der Waals surface area contributed by atoms with Gasteiger partial charge in [-0.3, -0.25) is 18.7 Å². The summed E-state index contributed by atoms with van der Waals surface area (Å²) >= 11 is 0. The third-order valence-corrected chi connectivity index (χ3v) is 4.91. The molecule has 5 atom stereocenters. The van der Waals surface area contributed by atoms with Crippen LogP contribution in [0, 0.1) is 0 Å². The Morgan fingerprint density at radius 3 is 2.48 bits per heavy atom. The number of carboxylic acids is 1. The number of aliphatic hydroxyl groups is 2. The third kappa shape index (κ3) is 7.11. The monoisotopic (exact) mass is 493 g/mol. The molecule has 1 amide bonds. The second kappa shape index (κ2) is 10.9. The van der Waals surface area contributed by atoms with Crippen LogP contribution in [0.3, 0.4) is 0 Å². The molecule has 0 spiro atoms. The molecule has 0 saturated carbocycles. The average Bonchev–Trinajstić information content (AvgIpc) is 3.27. The van der Waals surface area contributed by atoms with E-state index in [1.807, 2.05) is 0 Å². The van der Waals surface area contributed by atoms with Gasteiger partial charge in [0.15, 0.2) is 17.7 Å². The number of anilines is 1. The Morgan fingerprint density at radius 1 is 1.24 bits per heavy atom. The van der Waals surface area contributed by atoms with E-state index in [2.05, 4.69) is 19.5 Å². The summed E-state index contributed by atoms with van der Waals surface area (Å²) in [7, 11) is -4.72. The van der Waals surface area contributed by atoms with Gasteiger partial charge in [0.1, 0.15) is 36.2 Å². The fraction of sp³-hybridized carbons (Fsp3) is 0.533. The summed E-state index contributed by atoms with van der Waals surface area (Å²) in [5.41, 5.74) is 16.1. The molecule has 0 aromatic carbocycles. The predicted octanol–water partition coefficient (Wildman–Crippen LogP) is -3.20. The zero-order valence-corrected chi connectivity index (χ0v) is 17.8. The second-order valence-electron chi connectivity index (χ2n) is 6.87. The number of carboxylic acid groups (broad SMARTS) is 1. The SMILES string of the molecule is NC(=O)CC[C@H](N)C(=O)O.Nc1ncnc2c1ncn2[C@@H]1O[C@H](COP(=O)(O)O)[C@@H](O)[C@H]1O. The molecule has 3 rings (SSSR count). The number of aliphatic hydroxyl groups excluding tert-OH is 2. The normalized spacial score (nSPS) is 23.7. The Morgan fingerprint density at radius 2 is 1.91 bits per heavy atom. The molecule has 17 nitrogen and oxygen atoms in total. The summed E-state index contributed by atoms with van der Waals surface area (Å²) in [5.74, 6) is -1.50. The number of primary amides is 1. The molecule has 1 aliphatic heterocycles. The zero-order valence-electron chi connectivity index (χ0n) is 16.9. The van der Waals surface area contributed by atoms with E-state index < -0.39 is 56.9 Å². The van der Waals surface area contributed by atoms with Crippen molar-refractivity contribution in [1.82, 2.24) is 19.5 Å². The molecule has 1 fully saturated rings. The van der Waals surface area contributed by atoms with Gasteiger partial charge in [-0.1, -0.05) is 0 Å². The highest BCUT2D eigenvalue weighted by Crippen LogP contribution is 2.38. The number of fused-ring (bicyclic) bond motifs is 1. The number of aliphatic carboxylic acids is 1. The number of nitrogen functional groups attached to an aromatic ring is 1. The minimum atomic E-state index is -4.72. The average molecular weight is 493 g/mol. The molecule has 184 valence electrons. The quantitative estimate of drug-likeness (QED) is 0.168. The van der Waals surface area contributed by atoms with Gasteiger partial charge in [-0.05, 0) is 6.42 Å². The lowest BCUT2D eigenvalue weighted by Gasteiger charge is -2.16. The lowest BCUT2D eigenvalue weighted by atomic mass is 10.1. The summed E-state index contributed by atoms with van der Waals surface area (Å²) in [4.78, 5) is 49.3. The summed E-state index contributed by atoms with van der Waals surface area (Å²) < 4.78 is 21.8. The lowest BCUT2D eigenvalue weighted by Crippen LogP contribution is -2.33. The van der Waals surface area contributed by atoms with Gasteiger partial charge < -0.3 is 47.0 Å². The van der Waals surface area contributed by atoms with Crippen LogP contribution in [-0.4, -0.2) is 87.5 Å². The number of nitrogens with two attached hydrogens (primary N) is 3. The van der Waals surface area contributed by atoms with Crippen molar-refractivity contribution in [2.45, 2.75) is 43.4 Å². The van der Waals surface area contributed by atoms with Gasteiger partial charge >= 0.3 is 13.8 Å². The van der Waals surface area contributed by atoms with Gasteiger partial charge in [0.05, 0.1) is 12.9 Å². The standard InChI is InChI=1S/C10H14N5O7P.C5H10N2O3/c11-8-5-9(13-2-12-8)15(3-14-5)10-7(17)6(16)4(22-10)1-21-23(18,19)20;6-3(5(9)10)1-2-4(7)8/h2-4,6-7,10,16-17H,1H2,(H2,11,12,13)(H2,18,19,20);3H,1-2,6H2,(H2,7,8)(H,9,10)/t4-,6-,7-,10-;3-/m10/s1. The van der Waals surface area contributed by atoms with E-state index in [4.69, 9.17) is 36.8 Å². The number of nitrogens with zero attached hydrogens (tertiary/aromatic N) is 4. The van der Waals surface area contributed by atoms with Crippen LogP contribution in [0.2, 0.25) is 0 Å². The minimum Gasteiger partial charge on any atom is -0.480 e. The van der Waals surface area contributed by atoms with Crippen LogP contribution in [0.25, 0.3) is 11.2 Å². The molecule has 1 saturated heterocycles. The van der Waals surface area contributed by atoms with Crippen LogP contribution in [0.4, 0.5) is 5.82 Å². The van der Waals surface area contributed by atoms with E-state index in [9.17, 15) is 24.4 Å². The molecule has 0 radical (unpaired) electrons. The van der Waals surface area contributed by atoms with Crippen molar-refractivity contribution < 1.29 is 48.5 Å². The molecule has 11 N–H and O–H groups in total. The first-order valence-electron chi connectivity index (χ1n) is 9.23. The third-order valence-electron chi connectivity index (χ3n) is 4.42. The first kappa shape index (κ1) is 26.5. The van der Waals surface area contributed by atoms with E-state index >= 15 is 0 Å². The van der Waals surface area contributed by atoms with E-state index in [0.29, 0.717) is 5.52 Å². The van der Waals surface area contributed by atoms with Crippen LogP contribution < -0.4 is 17.2 Å². The molecular formula is C15H24N7O10P. The number of amides is 1. The fourth-order valence-corrected chi connectivity index (χ4v) is 3.09. The largest absolute Gasteiger partial charge is 0.480 e. The Balaban J connectivity index is 0.000000328. The fourth-order valence-electron chi connectivity index (χ4n) is 2.74. The number of phosphoric ester groups is 1. The molecule has 33 heavy (non-hydrogen) atoms. The summed E-state index contributed by atoms with van der Waals surface area (Å²) in [5, 5.41) is 28.3. The van der Waals surface area contributed by atoms with Gasteiger partial charge in [-0.25, -0.2) is 19.5 Å². The minimum absolute atomic E-state index is 0.0213. The Labute approximate surface area is 185 Å². The van der Waals surface area contributed by atoms with E-state index in [1.54, 1.807) is 0 Å². The molecule has 1 aliphatic rings. The molecule has 2 aromatic heterocycles. The zero-order chi connectivity index (χ0) is 24.9. The van der Waals surface area contributed by atoms with E-state index in [-0.39, 0.29) is 24.3 Å². The van der Waals surface area contributed by atoms with Crippen molar-refractivity contribution in [2.75, 3.05) is 12.3 Å². The van der Waals surface area contributed by atoms with Crippen LogP contribution in [-0.2, 0) is 23.4 Å². The number of hydrogen-bond donors (Lipinski definition) is 8. The van der Waals surface area contributed by atoms with Crippen molar-refractivity contribution in [2.24, 2.45) is 11.5 Å². The number of rotatable bonds is 8. The topological polar surface area (TPSA) is 292 Å². The van der Waals surface area contributed by atoms with Crippen LogP contribution in [0.5, 0.6) is 0 Å². The van der Waals surface area contributed by atoms with E-state index in [1.165, 1.54) is 17.2 Å². The van der Waals surface area contributed by atoms with Crippen molar-refractivity contribution in [3.05, 3.63) is 12.7 Å². The van der Waals surface area contributed by atoms with Crippen molar-refractivity contribution in [3.63, 3.8) is 0 Å². The van der Waals surface area contributed by atoms with Crippen molar-refractivity contribution in [1.29, 1.82) is 0 Å². The Hall–Kier alpha value is -2.76. The van der Waals surface area contributed by atoms with Gasteiger partial charge in [-0.15, -0.1) is 0 Å². The Kier molecular flexibility index (Phi) is 8.76. The highest BCUT2D eigenvalue weighted by Gasteiger charge is 2.45. The molecule has 0 aliphatic carbocycles. The van der Waals surface area contributed by atoms with Gasteiger partial charge in [0, 0.05) is 6.42 Å². The second-order valence-corrected chi connectivity index (χ2v) is 8.10. The number of hydrogen-bond acceptors (Lipinski definition) is 12. The highest BCUT2D eigenvalue weighted by atomic mass is 31.2. The van der Waals surface area contributed by atoms with Gasteiger partial charge in [0.2, 0.25) is 5.91 Å². The molecule has 3 heterocycles. The molecule has 0 unspecified atom stereocenters. The molecular weight excluding hydrogens is 469 g/mol. The molecule has 2 aromatic rings. The Bertz CT molecular complexity index is 1030. The smallest absolute Gasteiger partial charge is 0.469 e. The van der Waals surface area contributed by atoms with Gasteiger partial charge in [-0.2, -0.15) is 0 Å². The number of phosphoric acid groups is 1. The highest BCUT2D eigenvalue weighted by molar-refractivity contribution is 7.46. The maximum absolute atomic E-state index is 10.7.